The Morgan fingerprint density at radius 2 is 2.07 bits per heavy atom. The average Bonchev–Trinajstić information content (AvgIpc) is 2.52. The van der Waals surface area contributed by atoms with Crippen LogP contribution in [0, 0.1) is 12.8 Å². The monoisotopic (exact) mass is 208 g/mol. The molecule has 1 aromatic heterocycles. The summed E-state index contributed by atoms with van der Waals surface area (Å²) in [5, 5.41) is 8.40. The van der Waals surface area contributed by atoms with Crippen molar-refractivity contribution in [3.8, 4) is 0 Å². The number of hydrogen-bond acceptors (Lipinski definition) is 3. The highest BCUT2D eigenvalue weighted by molar-refractivity contribution is 5.04. The predicted molar refractivity (Wildman–Crippen MR) is 59.5 cm³/mol. The molecular weight excluding hydrogens is 188 g/mol. The van der Waals surface area contributed by atoms with Gasteiger partial charge in [0.15, 0.2) is 0 Å². The number of rotatable bonds is 1. The van der Waals surface area contributed by atoms with E-state index in [1.165, 1.54) is 6.42 Å². The lowest BCUT2D eigenvalue weighted by molar-refractivity contribution is 0.286. The minimum absolute atomic E-state index is 0.336. The standard InChI is InChI=1S/C11H20N4/c1-7-4-5-9(12)6-10(7)11-14-13-8(2)15(11)3/h7,9-10H,4-6,12H2,1-3H3. The molecule has 4 heteroatoms. The molecule has 0 aliphatic heterocycles. The van der Waals surface area contributed by atoms with Crippen molar-refractivity contribution in [2.24, 2.45) is 18.7 Å². The van der Waals surface area contributed by atoms with E-state index in [9.17, 15) is 0 Å². The molecule has 1 aromatic rings. The topological polar surface area (TPSA) is 56.7 Å². The quantitative estimate of drug-likeness (QED) is 0.758. The van der Waals surface area contributed by atoms with Crippen molar-refractivity contribution in [3.63, 3.8) is 0 Å². The maximum absolute atomic E-state index is 6.02. The molecule has 2 N–H and O–H groups in total. The first-order valence-corrected chi connectivity index (χ1v) is 5.71. The van der Waals surface area contributed by atoms with E-state index in [1.54, 1.807) is 0 Å². The first-order valence-electron chi connectivity index (χ1n) is 5.71. The van der Waals surface area contributed by atoms with Crippen LogP contribution in [0.15, 0.2) is 0 Å². The summed E-state index contributed by atoms with van der Waals surface area (Å²) in [7, 11) is 2.04. The van der Waals surface area contributed by atoms with E-state index < -0.39 is 0 Å². The van der Waals surface area contributed by atoms with E-state index >= 15 is 0 Å². The van der Waals surface area contributed by atoms with Gasteiger partial charge in [0.25, 0.3) is 0 Å². The van der Waals surface area contributed by atoms with E-state index in [4.69, 9.17) is 5.73 Å². The normalized spacial score (nSPS) is 31.9. The molecular formula is C11H20N4. The van der Waals surface area contributed by atoms with Gasteiger partial charge in [0.05, 0.1) is 0 Å². The molecule has 84 valence electrons. The molecule has 3 atom stereocenters. The molecule has 15 heavy (non-hydrogen) atoms. The van der Waals surface area contributed by atoms with Gasteiger partial charge >= 0.3 is 0 Å². The van der Waals surface area contributed by atoms with Gasteiger partial charge in [-0.2, -0.15) is 0 Å². The third-order valence-electron chi connectivity index (χ3n) is 3.69. The van der Waals surface area contributed by atoms with E-state index in [0.29, 0.717) is 17.9 Å². The fraction of sp³-hybridized carbons (Fsp3) is 0.818. The molecule has 3 unspecified atom stereocenters. The fourth-order valence-corrected chi connectivity index (χ4v) is 2.46. The fourth-order valence-electron chi connectivity index (χ4n) is 2.46. The summed E-state index contributed by atoms with van der Waals surface area (Å²) >= 11 is 0. The van der Waals surface area contributed by atoms with Gasteiger partial charge in [0, 0.05) is 19.0 Å². The first-order chi connectivity index (χ1) is 7.09. The van der Waals surface area contributed by atoms with Gasteiger partial charge < -0.3 is 10.3 Å². The Morgan fingerprint density at radius 3 is 2.67 bits per heavy atom. The zero-order valence-corrected chi connectivity index (χ0v) is 9.77. The lowest BCUT2D eigenvalue weighted by atomic mass is 9.78. The number of hydrogen-bond donors (Lipinski definition) is 1. The molecule has 0 saturated heterocycles. The van der Waals surface area contributed by atoms with Gasteiger partial charge in [-0.1, -0.05) is 6.92 Å². The van der Waals surface area contributed by atoms with Gasteiger partial charge in [-0.15, -0.1) is 10.2 Å². The van der Waals surface area contributed by atoms with Crippen molar-refractivity contribution in [2.45, 2.75) is 45.1 Å². The summed E-state index contributed by atoms with van der Waals surface area (Å²) in [6.07, 6.45) is 3.40. The predicted octanol–water partition coefficient (Wildman–Crippen LogP) is 1.35. The second kappa shape index (κ2) is 3.93. The van der Waals surface area contributed by atoms with Gasteiger partial charge in [0.1, 0.15) is 11.6 Å². The van der Waals surface area contributed by atoms with Crippen molar-refractivity contribution < 1.29 is 0 Å². The molecule has 1 fully saturated rings. The molecule has 0 spiro atoms. The second-order valence-corrected chi connectivity index (χ2v) is 4.82. The summed E-state index contributed by atoms with van der Waals surface area (Å²) in [6.45, 7) is 4.28. The molecule has 1 aliphatic rings. The van der Waals surface area contributed by atoms with Crippen molar-refractivity contribution in [3.05, 3.63) is 11.6 Å². The summed E-state index contributed by atoms with van der Waals surface area (Å²) in [5.74, 6) is 3.25. The van der Waals surface area contributed by atoms with E-state index in [0.717, 1.165) is 24.5 Å². The SMILES string of the molecule is Cc1nnc(C2CC(N)CCC2C)n1C. The molecule has 1 aliphatic carbocycles. The van der Waals surface area contributed by atoms with Crippen LogP contribution in [0.4, 0.5) is 0 Å². The molecule has 0 radical (unpaired) electrons. The van der Waals surface area contributed by atoms with Crippen molar-refractivity contribution in [1.29, 1.82) is 0 Å². The second-order valence-electron chi connectivity index (χ2n) is 4.82. The minimum atomic E-state index is 0.336. The van der Waals surface area contributed by atoms with Crippen LogP contribution in [0.2, 0.25) is 0 Å². The molecule has 0 bridgehead atoms. The summed E-state index contributed by atoms with van der Waals surface area (Å²) < 4.78 is 2.10. The zero-order chi connectivity index (χ0) is 11.0. The van der Waals surface area contributed by atoms with Gasteiger partial charge in [-0.3, -0.25) is 0 Å². The number of nitrogens with zero attached hydrogens (tertiary/aromatic N) is 3. The van der Waals surface area contributed by atoms with Crippen LogP contribution in [0.3, 0.4) is 0 Å². The van der Waals surface area contributed by atoms with Crippen LogP contribution in [0.1, 0.15) is 43.8 Å². The Morgan fingerprint density at radius 1 is 1.33 bits per heavy atom. The Kier molecular flexibility index (Phi) is 2.78. The molecule has 1 saturated carbocycles. The molecule has 2 rings (SSSR count). The largest absolute Gasteiger partial charge is 0.328 e. The lowest BCUT2D eigenvalue weighted by Gasteiger charge is -2.31. The van der Waals surface area contributed by atoms with Gasteiger partial charge in [-0.05, 0) is 32.1 Å². The Bertz CT molecular complexity index is 344. The van der Waals surface area contributed by atoms with Crippen LogP contribution >= 0.6 is 0 Å². The van der Waals surface area contributed by atoms with E-state index in [1.807, 2.05) is 14.0 Å². The summed E-state index contributed by atoms with van der Waals surface area (Å²) in [5.41, 5.74) is 6.02. The van der Waals surface area contributed by atoms with Crippen molar-refractivity contribution in [2.75, 3.05) is 0 Å². The average molecular weight is 208 g/mol. The Balaban J connectivity index is 2.25. The van der Waals surface area contributed by atoms with Gasteiger partial charge in [0.2, 0.25) is 0 Å². The zero-order valence-electron chi connectivity index (χ0n) is 9.77. The van der Waals surface area contributed by atoms with Crippen LogP contribution in [0.5, 0.6) is 0 Å². The van der Waals surface area contributed by atoms with E-state index in [2.05, 4.69) is 21.7 Å². The first kappa shape index (κ1) is 10.6. The highest BCUT2D eigenvalue weighted by Crippen LogP contribution is 2.35. The Labute approximate surface area is 90.9 Å². The third kappa shape index (κ3) is 1.91. The highest BCUT2D eigenvalue weighted by atomic mass is 15.3. The van der Waals surface area contributed by atoms with Gasteiger partial charge in [-0.25, -0.2) is 0 Å². The van der Waals surface area contributed by atoms with Crippen LogP contribution in [-0.4, -0.2) is 20.8 Å². The maximum atomic E-state index is 6.02. The highest BCUT2D eigenvalue weighted by Gasteiger charge is 2.30. The van der Waals surface area contributed by atoms with Crippen molar-refractivity contribution >= 4 is 0 Å². The lowest BCUT2D eigenvalue weighted by Crippen LogP contribution is -2.32. The van der Waals surface area contributed by atoms with Crippen molar-refractivity contribution in [1.82, 2.24) is 14.8 Å². The number of aromatic nitrogens is 3. The van der Waals surface area contributed by atoms with Crippen LogP contribution < -0.4 is 5.73 Å². The van der Waals surface area contributed by atoms with E-state index in [-0.39, 0.29) is 0 Å². The summed E-state index contributed by atoms with van der Waals surface area (Å²) in [6, 6.07) is 0.336. The van der Waals surface area contributed by atoms with Crippen LogP contribution in [-0.2, 0) is 7.05 Å². The molecule has 4 nitrogen and oxygen atoms in total. The smallest absolute Gasteiger partial charge is 0.136 e. The Hall–Kier alpha value is -0.900. The number of aryl methyl sites for hydroxylation is 1. The van der Waals surface area contributed by atoms with Crippen LogP contribution in [0.25, 0.3) is 0 Å². The third-order valence-corrected chi connectivity index (χ3v) is 3.69. The maximum Gasteiger partial charge on any atom is 0.136 e. The molecule has 1 heterocycles. The number of nitrogens with two attached hydrogens (primary N) is 1. The summed E-state index contributed by atoms with van der Waals surface area (Å²) in [4.78, 5) is 0. The molecule has 0 amide bonds. The molecule has 0 aromatic carbocycles. The minimum Gasteiger partial charge on any atom is -0.328 e.